The van der Waals surface area contributed by atoms with Gasteiger partial charge in [0.2, 0.25) is 0 Å². The summed E-state index contributed by atoms with van der Waals surface area (Å²) in [5.74, 6) is -0.291. The zero-order valence-corrected chi connectivity index (χ0v) is 7.48. The second-order valence-electron chi connectivity index (χ2n) is 2.51. The van der Waals surface area contributed by atoms with E-state index in [2.05, 4.69) is 9.89 Å². The predicted molar refractivity (Wildman–Crippen MR) is 43.1 cm³/mol. The quantitative estimate of drug-likeness (QED) is 0.708. The van der Waals surface area contributed by atoms with Crippen LogP contribution < -0.4 is 0 Å². The highest BCUT2D eigenvalue weighted by molar-refractivity contribution is 5.87. The minimum absolute atomic E-state index is 0.0813. The number of carbonyl (C=O) groups excluding carboxylic acids is 1. The lowest BCUT2D eigenvalue weighted by atomic mass is 10.3. The molecule has 0 aliphatic rings. The third-order valence-corrected chi connectivity index (χ3v) is 1.42. The van der Waals surface area contributed by atoms with Crippen molar-refractivity contribution in [1.82, 2.24) is 5.16 Å². The molecule has 0 aliphatic carbocycles. The Kier molecular flexibility index (Phi) is 3.02. The molecule has 72 valence electrons. The fraction of sp³-hybridized carbons (Fsp3) is 0.500. The van der Waals surface area contributed by atoms with Gasteiger partial charge in [-0.1, -0.05) is 5.16 Å². The van der Waals surface area contributed by atoms with Gasteiger partial charge in [0, 0.05) is 6.07 Å². The summed E-state index contributed by atoms with van der Waals surface area (Å²) in [6.07, 6.45) is -0.768. The van der Waals surface area contributed by atoms with Crippen LogP contribution in [-0.4, -0.2) is 22.8 Å². The lowest BCUT2D eigenvalue weighted by Gasteiger charge is -1.95. The van der Waals surface area contributed by atoms with E-state index in [9.17, 15) is 4.79 Å². The van der Waals surface area contributed by atoms with E-state index in [1.165, 1.54) is 13.0 Å². The van der Waals surface area contributed by atoms with Gasteiger partial charge >= 0.3 is 5.97 Å². The number of aromatic nitrogens is 1. The molecule has 0 spiro atoms. The average molecular weight is 185 g/mol. The van der Waals surface area contributed by atoms with Crippen molar-refractivity contribution < 1.29 is 19.2 Å². The van der Waals surface area contributed by atoms with E-state index < -0.39 is 12.1 Å². The molecule has 0 bridgehead atoms. The SMILES string of the molecule is CCOC(=O)c1cc([C@H](C)O)on1. The molecule has 0 saturated heterocycles. The van der Waals surface area contributed by atoms with Crippen LogP contribution in [0, 0.1) is 0 Å². The number of aliphatic hydroxyl groups excluding tert-OH is 1. The van der Waals surface area contributed by atoms with Crippen molar-refractivity contribution in [3.05, 3.63) is 17.5 Å². The first-order valence-electron chi connectivity index (χ1n) is 3.97. The molecule has 5 nitrogen and oxygen atoms in total. The zero-order valence-electron chi connectivity index (χ0n) is 7.48. The molecule has 1 aromatic rings. The molecular weight excluding hydrogens is 174 g/mol. The molecule has 0 unspecified atom stereocenters. The Morgan fingerprint density at radius 3 is 3.00 bits per heavy atom. The molecule has 1 N–H and O–H groups in total. The predicted octanol–water partition coefficient (Wildman–Crippen LogP) is 0.905. The van der Waals surface area contributed by atoms with Crippen molar-refractivity contribution in [2.75, 3.05) is 6.61 Å². The van der Waals surface area contributed by atoms with E-state index in [0.29, 0.717) is 0 Å². The molecular formula is C8H11NO4. The van der Waals surface area contributed by atoms with Crippen molar-refractivity contribution in [1.29, 1.82) is 0 Å². The van der Waals surface area contributed by atoms with E-state index in [-0.39, 0.29) is 18.1 Å². The molecule has 0 fully saturated rings. The van der Waals surface area contributed by atoms with E-state index in [4.69, 9.17) is 9.63 Å². The summed E-state index contributed by atoms with van der Waals surface area (Å²) >= 11 is 0. The molecule has 0 aliphatic heterocycles. The Labute approximate surface area is 75.3 Å². The van der Waals surface area contributed by atoms with Gasteiger partial charge in [-0.25, -0.2) is 4.79 Å². The highest BCUT2D eigenvalue weighted by atomic mass is 16.5. The summed E-state index contributed by atoms with van der Waals surface area (Å²) in [7, 11) is 0. The van der Waals surface area contributed by atoms with E-state index in [1.807, 2.05) is 0 Å². The van der Waals surface area contributed by atoms with Crippen LogP contribution >= 0.6 is 0 Å². The number of carbonyl (C=O) groups is 1. The number of esters is 1. The maximum absolute atomic E-state index is 11.1. The van der Waals surface area contributed by atoms with Gasteiger partial charge in [0.25, 0.3) is 0 Å². The first-order valence-corrected chi connectivity index (χ1v) is 3.97. The van der Waals surface area contributed by atoms with Crippen LogP contribution in [0.5, 0.6) is 0 Å². The number of nitrogens with zero attached hydrogens (tertiary/aromatic N) is 1. The van der Waals surface area contributed by atoms with Crippen LogP contribution in [0.25, 0.3) is 0 Å². The molecule has 0 radical (unpaired) electrons. The Bertz CT molecular complexity index is 292. The standard InChI is InChI=1S/C8H11NO4/c1-3-12-8(11)6-4-7(5(2)10)13-9-6/h4-5,10H,3H2,1-2H3/t5-/m0/s1. The van der Waals surface area contributed by atoms with Crippen molar-refractivity contribution in [3.63, 3.8) is 0 Å². The Balaban J connectivity index is 2.73. The fourth-order valence-corrected chi connectivity index (χ4v) is 0.787. The molecule has 5 heteroatoms. The van der Waals surface area contributed by atoms with Crippen LogP contribution in [-0.2, 0) is 4.74 Å². The van der Waals surface area contributed by atoms with Gasteiger partial charge in [0.05, 0.1) is 6.61 Å². The number of aliphatic hydroxyl groups is 1. The third-order valence-electron chi connectivity index (χ3n) is 1.42. The summed E-state index contributed by atoms with van der Waals surface area (Å²) in [4.78, 5) is 11.1. The van der Waals surface area contributed by atoms with Gasteiger partial charge in [0.15, 0.2) is 11.5 Å². The van der Waals surface area contributed by atoms with Crippen LogP contribution in [0.1, 0.15) is 36.2 Å². The molecule has 1 aromatic heterocycles. The molecule has 0 amide bonds. The molecule has 1 atom stereocenters. The number of rotatable bonds is 3. The molecule has 1 rings (SSSR count). The number of hydrogen-bond acceptors (Lipinski definition) is 5. The van der Waals surface area contributed by atoms with Crippen molar-refractivity contribution in [2.24, 2.45) is 0 Å². The van der Waals surface area contributed by atoms with Crippen molar-refractivity contribution in [3.8, 4) is 0 Å². The lowest BCUT2D eigenvalue weighted by molar-refractivity contribution is 0.0514. The first kappa shape index (κ1) is 9.73. The van der Waals surface area contributed by atoms with Gasteiger partial charge in [-0.2, -0.15) is 0 Å². The fourth-order valence-electron chi connectivity index (χ4n) is 0.787. The summed E-state index contributed by atoms with van der Waals surface area (Å²) in [6.45, 7) is 3.51. The largest absolute Gasteiger partial charge is 0.461 e. The first-order chi connectivity index (χ1) is 6.15. The highest BCUT2D eigenvalue weighted by Crippen LogP contribution is 2.13. The summed E-state index contributed by atoms with van der Waals surface area (Å²) < 4.78 is 9.37. The second-order valence-corrected chi connectivity index (χ2v) is 2.51. The Morgan fingerprint density at radius 1 is 1.85 bits per heavy atom. The van der Waals surface area contributed by atoms with E-state index in [1.54, 1.807) is 6.92 Å². The maximum Gasteiger partial charge on any atom is 0.360 e. The third kappa shape index (κ3) is 2.29. The summed E-state index contributed by atoms with van der Waals surface area (Å²) in [6, 6.07) is 1.36. The van der Waals surface area contributed by atoms with Gasteiger partial charge in [-0.3, -0.25) is 0 Å². The normalized spacial score (nSPS) is 12.5. The zero-order chi connectivity index (χ0) is 9.84. The monoisotopic (exact) mass is 185 g/mol. The van der Waals surface area contributed by atoms with Crippen molar-refractivity contribution >= 4 is 5.97 Å². The molecule has 1 heterocycles. The average Bonchev–Trinajstić information content (AvgIpc) is 2.52. The van der Waals surface area contributed by atoms with E-state index in [0.717, 1.165) is 0 Å². The van der Waals surface area contributed by atoms with Crippen LogP contribution in [0.15, 0.2) is 10.6 Å². The van der Waals surface area contributed by atoms with Crippen LogP contribution in [0.2, 0.25) is 0 Å². The van der Waals surface area contributed by atoms with Gasteiger partial charge in [0.1, 0.15) is 6.10 Å². The molecule has 13 heavy (non-hydrogen) atoms. The minimum Gasteiger partial charge on any atom is -0.461 e. The van der Waals surface area contributed by atoms with E-state index >= 15 is 0 Å². The van der Waals surface area contributed by atoms with Gasteiger partial charge in [-0.15, -0.1) is 0 Å². The number of hydrogen-bond donors (Lipinski definition) is 1. The molecule has 0 saturated carbocycles. The lowest BCUT2D eigenvalue weighted by Crippen LogP contribution is -2.04. The topological polar surface area (TPSA) is 72.6 Å². The number of ether oxygens (including phenoxy) is 1. The maximum atomic E-state index is 11.1. The summed E-state index contributed by atoms with van der Waals surface area (Å²) in [5, 5.41) is 12.5. The van der Waals surface area contributed by atoms with Crippen LogP contribution in [0.4, 0.5) is 0 Å². The molecule has 0 aromatic carbocycles. The highest BCUT2D eigenvalue weighted by Gasteiger charge is 2.15. The van der Waals surface area contributed by atoms with Gasteiger partial charge < -0.3 is 14.4 Å². The minimum atomic E-state index is -0.768. The van der Waals surface area contributed by atoms with Crippen molar-refractivity contribution in [2.45, 2.75) is 20.0 Å². The van der Waals surface area contributed by atoms with Crippen LogP contribution in [0.3, 0.4) is 0 Å². The van der Waals surface area contributed by atoms with Gasteiger partial charge in [-0.05, 0) is 13.8 Å². The Morgan fingerprint density at radius 2 is 2.54 bits per heavy atom. The second kappa shape index (κ2) is 4.04. The smallest absolute Gasteiger partial charge is 0.360 e. The summed E-state index contributed by atoms with van der Waals surface area (Å²) in [5.41, 5.74) is 0.0813. The Hall–Kier alpha value is -1.36.